The van der Waals surface area contributed by atoms with Crippen LogP contribution in [0.5, 0.6) is 0 Å². The van der Waals surface area contributed by atoms with Gasteiger partial charge in [-0.2, -0.15) is 10.2 Å². The van der Waals surface area contributed by atoms with Crippen molar-refractivity contribution in [1.29, 1.82) is 0 Å². The van der Waals surface area contributed by atoms with Gasteiger partial charge >= 0.3 is 5.97 Å². The highest BCUT2D eigenvalue weighted by Crippen LogP contribution is 2.20. The molecule has 0 amide bonds. The van der Waals surface area contributed by atoms with Crippen LogP contribution in [-0.4, -0.2) is 30.6 Å². The molecule has 0 bridgehead atoms. The second-order valence-corrected chi connectivity index (χ2v) is 5.10. The van der Waals surface area contributed by atoms with E-state index >= 15 is 0 Å². The number of carboxylic acids is 1. The van der Waals surface area contributed by atoms with Gasteiger partial charge in [-0.3, -0.25) is 9.36 Å². The second-order valence-electron chi connectivity index (χ2n) is 5.10. The summed E-state index contributed by atoms with van der Waals surface area (Å²) in [6.07, 6.45) is 0. The normalized spacial score (nSPS) is 11.2. The maximum absolute atomic E-state index is 11.3. The van der Waals surface area contributed by atoms with Gasteiger partial charge in [-0.25, -0.2) is 4.79 Å². The molecule has 0 saturated heterocycles. The third-order valence-corrected chi connectivity index (χ3v) is 3.73. The lowest BCUT2D eigenvalue weighted by atomic mass is 10.2. The van der Waals surface area contributed by atoms with E-state index in [4.69, 9.17) is 0 Å². The summed E-state index contributed by atoms with van der Waals surface area (Å²) in [5.41, 5.74) is 3.38. The smallest absolute Gasteiger partial charge is 0.339 e. The number of hydrogen-bond acceptors (Lipinski definition) is 3. The molecule has 0 radical (unpaired) electrons. The van der Waals surface area contributed by atoms with Crippen LogP contribution >= 0.6 is 0 Å². The molecule has 0 atom stereocenters. The highest BCUT2D eigenvalue weighted by molar-refractivity contribution is 5.90. The van der Waals surface area contributed by atoms with Gasteiger partial charge < -0.3 is 5.11 Å². The quantitative estimate of drug-likeness (QED) is 0.799. The highest BCUT2D eigenvalue weighted by atomic mass is 16.4. The molecule has 108 valence electrons. The Labute approximate surface area is 121 Å². The third kappa shape index (κ3) is 2.08. The topological polar surface area (TPSA) is 72.9 Å². The van der Waals surface area contributed by atoms with E-state index < -0.39 is 5.97 Å². The lowest BCUT2D eigenvalue weighted by Crippen LogP contribution is -2.07. The number of aromatic nitrogens is 4. The first-order chi connectivity index (χ1) is 9.99. The van der Waals surface area contributed by atoms with E-state index in [-0.39, 0.29) is 5.56 Å². The largest absolute Gasteiger partial charge is 0.478 e. The number of rotatable bonds is 3. The van der Waals surface area contributed by atoms with Gasteiger partial charge in [-0.15, -0.1) is 0 Å². The number of fused-ring (bicyclic) bond motifs is 1. The number of aromatic carboxylic acids is 1. The number of para-hydroxylation sites is 1. The fraction of sp³-hybridized carbons (Fsp3) is 0.267. The molecule has 6 heteroatoms. The van der Waals surface area contributed by atoms with Crippen molar-refractivity contribution >= 4 is 16.9 Å². The van der Waals surface area contributed by atoms with Crippen LogP contribution in [0.2, 0.25) is 0 Å². The maximum Gasteiger partial charge on any atom is 0.339 e. The Balaban J connectivity index is 2.07. The Hall–Kier alpha value is -2.63. The average molecular weight is 284 g/mol. The van der Waals surface area contributed by atoms with Gasteiger partial charge in [0.25, 0.3) is 0 Å². The van der Waals surface area contributed by atoms with Crippen molar-refractivity contribution in [3.63, 3.8) is 0 Å². The van der Waals surface area contributed by atoms with Gasteiger partial charge in [-0.1, -0.05) is 18.2 Å². The van der Waals surface area contributed by atoms with Gasteiger partial charge in [0.15, 0.2) is 0 Å². The first kappa shape index (κ1) is 13.4. The van der Waals surface area contributed by atoms with Gasteiger partial charge in [-0.05, 0) is 19.9 Å². The van der Waals surface area contributed by atoms with Gasteiger partial charge in [0.2, 0.25) is 0 Å². The molecule has 1 N–H and O–H groups in total. The molecule has 0 aliphatic carbocycles. The number of carbonyl (C=O) groups is 1. The standard InChI is InChI=1S/C15H16N4O2/c1-9-14(15(20)21)10(2)19(16-9)8-12-11-6-4-5-7-13(11)18(3)17-12/h4-7H,8H2,1-3H3,(H,20,21). The Kier molecular flexibility index (Phi) is 3.01. The summed E-state index contributed by atoms with van der Waals surface area (Å²) in [6.45, 7) is 3.94. The van der Waals surface area contributed by atoms with Crippen LogP contribution in [0, 0.1) is 13.8 Å². The monoisotopic (exact) mass is 284 g/mol. The predicted octanol–water partition coefficient (Wildman–Crippen LogP) is 2.13. The number of benzene rings is 1. The Morgan fingerprint density at radius 1 is 1.24 bits per heavy atom. The van der Waals surface area contributed by atoms with Gasteiger partial charge in [0.1, 0.15) is 5.56 Å². The summed E-state index contributed by atoms with van der Waals surface area (Å²) >= 11 is 0. The van der Waals surface area contributed by atoms with E-state index in [9.17, 15) is 9.90 Å². The number of nitrogens with zero attached hydrogens (tertiary/aromatic N) is 4. The first-order valence-corrected chi connectivity index (χ1v) is 6.67. The molecule has 21 heavy (non-hydrogen) atoms. The molecule has 3 aromatic rings. The SMILES string of the molecule is Cc1nn(Cc2nn(C)c3ccccc23)c(C)c1C(=O)O. The zero-order valence-corrected chi connectivity index (χ0v) is 12.2. The molecule has 0 spiro atoms. The Bertz CT molecular complexity index is 845. The van der Waals surface area contributed by atoms with Crippen LogP contribution in [0.3, 0.4) is 0 Å². The summed E-state index contributed by atoms with van der Waals surface area (Å²) in [6, 6.07) is 7.97. The van der Waals surface area contributed by atoms with Crippen LogP contribution in [0.15, 0.2) is 24.3 Å². The van der Waals surface area contributed by atoms with Gasteiger partial charge in [0, 0.05) is 12.4 Å². The highest BCUT2D eigenvalue weighted by Gasteiger charge is 2.19. The maximum atomic E-state index is 11.3. The van der Waals surface area contributed by atoms with E-state index in [1.807, 2.05) is 36.0 Å². The molecule has 0 aliphatic rings. The molecule has 0 aliphatic heterocycles. The third-order valence-electron chi connectivity index (χ3n) is 3.73. The van der Waals surface area contributed by atoms with Crippen LogP contribution in [0.25, 0.3) is 10.9 Å². The average Bonchev–Trinajstić information content (AvgIpc) is 2.89. The minimum absolute atomic E-state index is 0.273. The van der Waals surface area contributed by atoms with Crippen molar-refractivity contribution < 1.29 is 9.90 Å². The molecule has 3 rings (SSSR count). The van der Waals surface area contributed by atoms with Crippen molar-refractivity contribution in [3.05, 3.63) is 46.9 Å². The zero-order chi connectivity index (χ0) is 15.1. The molecular formula is C15H16N4O2. The molecule has 0 saturated carbocycles. The van der Waals surface area contributed by atoms with Crippen molar-refractivity contribution in [1.82, 2.24) is 19.6 Å². The predicted molar refractivity (Wildman–Crippen MR) is 78.5 cm³/mol. The zero-order valence-electron chi connectivity index (χ0n) is 12.2. The van der Waals surface area contributed by atoms with E-state index in [0.29, 0.717) is 17.9 Å². The fourth-order valence-electron chi connectivity index (χ4n) is 2.71. The Morgan fingerprint density at radius 3 is 2.62 bits per heavy atom. The lowest BCUT2D eigenvalue weighted by molar-refractivity contribution is 0.0695. The summed E-state index contributed by atoms with van der Waals surface area (Å²) < 4.78 is 3.53. The van der Waals surface area contributed by atoms with Crippen LogP contribution < -0.4 is 0 Å². The molecule has 2 aromatic heterocycles. The molecular weight excluding hydrogens is 268 g/mol. The minimum Gasteiger partial charge on any atom is -0.478 e. The van der Waals surface area contributed by atoms with Crippen molar-refractivity contribution in [3.8, 4) is 0 Å². The molecule has 0 unspecified atom stereocenters. The number of hydrogen-bond donors (Lipinski definition) is 1. The lowest BCUT2D eigenvalue weighted by Gasteiger charge is -2.02. The molecule has 1 aromatic carbocycles. The van der Waals surface area contributed by atoms with Gasteiger partial charge in [0.05, 0.1) is 29.1 Å². The first-order valence-electron chi connectivity index (χ1n) is 6.67. The molecule has 0 fully saturated rings. The summed E-state index contributed by atoms with van der Waals surface area (Å²) in [4.78, 5) is 11.3. The van der Waals surface area contributed by atoms with E-state index in [1.54, 1.807) is 18.5 Å². The number of aryl methyl sites for hydroxylation is 2. The van der Waals surface area contributed by atoms with E-state index in [0.717, 1.165) is 16.6 Å². The van der Waals surface area contributed by atoms with Crippen LogP contribution in [0.4, 0.5) is 0 Å². The Morgan fingerprint density at radius 2 is 1.95 bits per heavy atom. The summed E-state index contributed by atoms with van der Waals surface area (Å²) in [5.74, 6) is -0.942. The van der Waals surface area contributed by atoms with Crippen molar-refractivity contribution in [2.75, 3.05) is 0 Å². The second kappa shape index (κ2) is 4.73. The molecule has 6 nitrogen and oxygen atoms in total. The van der Waals surface area contributed by atoms with E-state index in [2.05, 4.69) is 10.2 Å². The summed E-state index contributed by atoms with van der Waals surface area (Å²) in [5, 5.41) is 19.1. The fourth-order valence-corrected chi connectivity index (χ4v) is 2.71. The van der Waals surface area contributed by atoms with Crippen molar-refractivity contribution in [2.45, 2.75) is 20.4 Å². The van der Waals surface area contributed by atoms with Crippen LogP contribution in [0.1, 0.15) is 27.4 Å². The van der Waals surface area contributed by atoms with E-state index in [1.165, 1.54) is 0 Å². The minimum atomic E-state index is -0.942. The van der Waals surface area contributed by atoms with Crippen LogP contribution in [-0.2, 0) is 13.6 Å². The molecule has 2 heterocycles. The van der Waals surface area contributed by atoms with Crippen molar-refractivity contribution in [2.24, 2.45) is 7.05 Å². The number of carboxylic acid groups (broad SMARTS) is 1. The summed E-state index contributed by atoms with van der Waals surface area (Å²) in [7, 11) is 1.90.